The Balaban J connectivity index is 1.78. The summed E-state index contributed by atoms with van der Waals surface area (Å²) in [7, 11) is 0. The smallest absolute Gasteiger partial charge is 0.273 e. The number of hydrogen-bond acceptors (Lipinski definition) is 4. The zero-order chi connectivity index (χ0) is 17.3. The molecule has 3 rings (SSSR count). The highest BCUT2D eigenvalue weighted by atomic mass is 16.2. The van der Waals surface area contributed by atoms with Gasteiger partial charge in [-0.25, -0.2) is 4.68 Å². The monoisotopic (exact) mass is 327 g/mol. The lowest BCUT2D eigenvalue weighted by atomic mass is 10.2. The lowest BCUT2D eigenvalue weighted by molar-refractivity contribution is 0.0935. The predicted octanol–water partition coefficient (Wildman–Crippen LogP) is 1.61. The van der Waals surface area contributed by atoms with E-state index in [4.69, 9.17) is 0 Å². The van der Waals surface area contributed by atoms with Crippen LogP contribution in [0.1, 0.15) is 53.2 Å². The molecule has 0 radical (unpaired) electrons. The van der Waals surface area contributed by atoms with E-state index in [2.05, 4.69) is 20.9 Å². The lowest BCUT2D eigenvalue weighted by Crippen LogP contribution is -2.30. The van der Waals surface area contributed by atoms with Crippen molar-refractivity contribution in [1.29, 1.82) is 0 Å². The summed E-state index contributed by atoms with van der Waals surface area (Å²) in [6.45, 7) is 5.64. The van der Waals surface area contributed by atoms with Crippen LogP contribution in [0.3, 0.4) is 0 Å². The first-order chi connectivity index (χ1) is 11.5. The standard InChI is InChI=1S/C17H21N5O2/c1-10(2)18-16(23)12-4-8-14(9-5-12)22-11(3)15(20-21-22)17(24)19-13-6-7-13/h4-5,8-10,13H,6-7H2,1-3H3,(H,18,23)(H,19,24). The molecule has 1 saturated carbocycles. The van der Waals surface area contributed by atoms with E-state index in [0.29, 0.717) is 17.0 Å². The molecule has 0 bridgehead atoms. The summed E-state index contributed by atoms with van der Waals surface area (Å²) in [6.07, 6.45) is 2.05. The minimum absolute atomic E-state index is 0.0854. The number of nitrogens with zero attached hydrogens (tertiary/aromatic N) is 3. The third-order valence-corrected chi connectivity index (χ3v) is 3.82. The molecule has 7 heteroatoms. The molecule has 0 unspecified atom stereocenters. The normalized spacial score (nSPS) is 13.8. The zero-order valence-corrected chi connectivity index (χ0v) is 14.0. The first-order valence-corrected chi connectivity index (χ1v) is 8.10. The highest BCUT2D eigenvalue weighted by Gasteiger charge is 2.26. The van der Waals surface area contributed by atoms with Crippen molar-refractivity contribution in [2.75, 3.05) is 0 Å². The summed E-state index contributed by atoms with van der Waals surface area (Å²) in [5, 5.41) is 13.8. The Morgan fingerprint density at radius 3 is 2.42 bits per heavy atom. The molecule has 2 aromatic rings. The third kappa shape index (κ3) is 3.45. The Bertz CT molecular complexity index is 760. The molecule has 126 valence electrons. The fraction of sp³-hybridized carbons (Fsp3) is 0.412. The molecule has 1 aliphatic rings. The van der Waals surface area contributed by atoms with Crippen LogP contribution in [0.2, 0.25) is 0 Å². The van der Waals surface area contributed by atoms with Crippen molar-refractivity contribution in [3.05, 3.63) is 41.2 Å². The predicted molar refractivity (Wildman–Crippen MR) is 89.2 cm³/mol. The largest absolute Gasteiger partial charge is 0.350 e. The molecule has 1 aromatic carbocycles. The van der Waals surface area contributed by atoms with E-state index < -0.39 is 0 Å². The van der Waals surface area contributed by atoms with Gasteiger partial charge in [-0.05, 0) is 57.9 Å². The minimum Gasteiger partial charge on any atom is -0.350 e. The molecule has 7 nitrogen and oxygen atoms in total. The molecular formula is C17H21N5O2. The van der Waals surface area contributed by atoms with E-state index in [1.54, 1.807) is 35.9 Å². The van der Waals surface area contributed by atoms with E-state index in [1.807, 2.05) is 13.8 Å². The van der Waals surface area contributed by atoms with Gasteiger partial charge < -0.3 is 10.6 Å². The van der Waals surface area contributed by atoms with Crippen molar-refractivity contribution in [2.45, 2.75) is 45.7 Å². The van der Waals surface area contributed by atoms with Gasteiger partial charge in [-0.15, -0.1) is 5.10 Å². The summed E-state index contributed by atoms with van der Waals surface area (Å²) in [6, 6.07) is 7.41. The Hall–Kier alpha value is -2.70. The number of hydrogen-bond donors (Lipinski definition) is 2. The number of amides is 2. The van der Waals surface area contributed by atoms with Crippen molar-refractivity contribution >= 4 is 11.8 Å². The summed E-state index contributed by atoms with van der Waals surface area (Å²) in [4.78, 5) is 24.1. The first kappa shape index (κ1) is 16.2. The SMILES string of the molecule is Cc1c(C(=O)NC2CC2)nnn1-c1ccc(C(=O)NC(C)C)cc1. The maximum Gasteiger partial charge on any atom is 0.273 e. The zero-order valence-electron chi connectivity index (χ0n) is 14.0. The van der Waals surface area contributed by atoms with Gasteiger partial charge >= 0.3 is 0 Å². The maximum atomic E-state index is 12.1. The van der Waals surface area contributed by atoms with Gasteiger partial charge in [0.1, 0.15) is 0 Å². The van der Waals surface area contributed by atoms with Crippen LogP contribution in [0.5, 0.6) is 0 Å². The Morgan fingerprint density at radius 1 is 1.17 bits per heavy atom. The number of aromatic nitrogens is 3. The van der Waals surface area contributed by atoms with Crippen molar-refractivity contribution in [2.24, 2.45) is 0 Å². The molecule has 0 atom stereocenters. The van der Waals surface area contributed by atoms with Crippen LogP contribution in [-0.2, 0) is 0 Å². The average Bonchev–Trinajstić information content (AvgIpc) is 3.26. The Labute approximate surface area is 140 Å². The van der Waals surface area contributed by atoms with Gasteiger partial charge in [0.15, 0.2) is 5.69 Å². The van der Waals surface area contributed by atoms with Gasteiger partial charge in [0.05, 0.1) is 11.4 Å². The molecule has 1 heterocycles. The summed E-state index contributed by atoms with van der Waals surface area (Å²) in [5.74, 6) is -0.300. The average molecular weight is 327 g/mol. The molecule has 24 heavy (non-hydrogen) atoms. The number of nitrogens with one attached hydrogen (secondary N) is 2. The quantitative estimate of drug-likeness (QED) is 0.873. The Kier molecular flexibility index (Phi) is 4.33. The van der Waals surface area contributed by atoms with Crippen LogP contribution in [0.25, 0.3) is 5.69 Å². The van der Waals surface area contributed by atoms with E-state index in [-0.39, 0.29) is 23.9 Å². The number of carbonyl (C=O) groups excluding carboxylic acids is 2. The Morgan fingerprint density at radius 2 is 1.83 bits per heavy atom. The summed E-state index contributed by atoms with van der Waals surface area (Å²) >= 11 is 0. The minimum atomic E-state index is -0.186. The summed E-state index contributed by atoms with van der Waals surface area (Å²) < 4.78 is 1.60. The number of rotatable bonds is 5. The van der Waals surface area contributed by atoms with E-state index in [9.17, 15) is 9.59 Å². The maximum absolute atomic E-state index is 12.1. The van der Waals surface area contributed by atoms with Crippen LogP contribution in [0.15, 0.2) is 24.3 Å². The molecule has 0 aliphatic heterocycles. The molecule has 0 saturated heterocycles. The molecular weight excluding hydrogens is 306 g/mol. The van der Waals surface area contributed by atoms with E-state index >= 15 is 0 Å². The number of benzene rings is 1. The van der Waals surface area contributed by atoms with Crippen molar-refractivity contribution in [1.82, 2.24) is 25.6 Å². The van der Waals surface area contributed by atoms with Crippen LogP contribution in [-0.4, -0.2) is 38.9 Å². The van der Waals surface area contributed by atoms with Gasteiger partial charge in [-0.3, -0.25) is 9.59 Å². The molecule has 1 aromatic heterocycles. The van der Waals surface area contributed by atoms with Gasteiger partial charge in [-0.1, -0.05) is 5.21 Å². The van der Waals surface area contributed by atoms with Crippen LogP contribution in [0.4, 0.5) is 0 Å². The third-order valence-electron chi connectivity index (χ3n) is 3.82. The molecule has 2 amide bonds. The van der Waals surface area contributed by atoms with Gasteiger partial charge in [0, 0.05) is 17.6 Å². The second-order valence-corrected chi connectivity index (χ2v) is 6.36. The topological polar surface area (TPSA) is 88.9 Å². The molecule has 2 N–H and O–H groups in total. The van der Waals surface area contributed by atoms with Crippen LogP contribution in [0, 0.1) is 6.92 Å². The van der Waals surface area contributed by atoms with Gasteiger partial charge in [0.25, 0.3) is 11.8 Å². The van der Waals surface area contributed by atoms with Crippen molar-refractivity contribution < 1.29 is 9.59 Å². The van der Waals surface area contributed by atoms with Crippen molar-refractivity contribution in [3.63, 3.8) is 0 Å². The molecule has 1 fully saturated rings. The highest BCUT2D eigenvalue weighted by molar-refractivity contribution is 5.95. The second-order valence-electron chi connectivity index (χ2n) is 6.36. The second kappa shape index (κ2) is 6.43. The molecule has 0 spiro atoms. The van der Waals surface area contributed by atoms with Crippen LogP contribution >= 0.6 is 0 Å². The van der Waals surface area contributed by atoms with E-state index in [1.165, 1.54) is 0 Å². The molecule has 1 aliphatic carbocycles. The van der Waals surface area contributed by atoms with Crippen molar-refractivity contribution in [3.8, 4) is 5.69 Å². The van der Waals surface area contributed by atoms with Gasteiger partial charge in [0.2, 0.25) is 0 Å². The highest BCUT2D eigenvalue weighted by Crippen LogP contribution is 2.20. The van der Waals surface area contributed by atoms with Gasteiger partial charge in [-0.2, -0.15) is 0 Å². The lowest BCUT2D eigenvalue weighted by Gasteiger charge is -2.09. The summed E-state index contributed by atoms with van der Waals surface area (Å²) in [5.41, 5.74) is 2.35. The fourth-order valence-electron chi connectivity index (χ4n) is 2.37. The van der Waals surface area contributed by atoms with Crippen LogP contribution < -0.4 is 10.6 Å². The fourth-order valence-corrected chi connectivity index (χ4v) is 2.37. The van der Waals surface area contributed by atoms with E-state index in [0.717, 1.165) is 18.5 Å². The first-order valence-electron chi connectivity index (χ1n) is 8.10. The number of carbonyl (C=O) groups is 2.